The molecule has 0 saturated carbocycles. The summed E-state index contributed by atoms with van der Waals surface area (Å²) < 4.78 is 1.99. The minimum atomic E-state index is 0.406. The molecule has 0 aliphatic heterocycles. The summed E-state index contributed by atoms with van der Waals surface area (Å²) in [4.78, 5) is 9.91. The van der Waals surface area contributed by atoms with E-state index >= 15 is 0 Å². The van der Waals surface area contributed by atoms with E-state index in [9.17, 15) is 0 Å². The highest BCUT2D eigenvalue weighted by Crippen LogP contribution is 2.16. The molecular formula is C7H9N3OS. The van der Waals surface area contributed by atoms with Crippen molar-refractivity contribution < 1.29 is 4.84 Å². The van der Waals surface area contributed by atoms with Crippen molar-refractivity contribution in [3.8, 4) is 0 Å². The van der Waals surface area contributed by atoms with Crippen LogP contribution in [0.1, 0.15) is 11.4 Å². The largest absolute Gasteiger partial charge is 0.298 e. The lowest BCUT2D eigenvalue weighted by atomic mass is 10.4. The molecule has 5 heteroatoms. The first-order valence-corrected chi connectivity index (χ1v) is 4.43. The van der Waals surface area contributed by atoms with Crippen molar-refractivity contribution in [2.24, 2.45) is 5.90 Å². The number of aromatic nitrogens is 2. The van der Waals surface area contributed by atoms with E-state index in [1.54, 1.807) is 11.3 Å². The van der Waals surface area contributed by atoms with Crippen LogP contribution in [0, 0.1) is 6.92 Å². The van der Waals surface area contributed by atoms with Crippen molar-refractivity contribution in [3.05, 3.63) is 23.0 Å². The third kappa shape index (κ3) is 1.03. The Hall–Kier alpha value is -0.910. The van der Waals surface area contributed by atoms with Gasteiger partial charge in [0.1, 0.15) is 6.61 Å². The molecule has 0 aliphatic rings. The summed E-state index contributed by atoms with van der Waals surface area (Å²) in [6, 6.07) is 0. The molecule has 2 heterocycles. The normalized spacial score (nSPS) is 11.2. The summed E-state index contributed by atoms with van der Waals surface area (Å²) in [6.45, 7) is 2.36. The van der Waals surface area contributed by atoms with Gasteiger partial charge in [0.25, 0.3) is 0 Å². The molecule has 0 bridgehead atoms. The third-order valence-electron chi connectivity index (χ3n) is 1.78. The summed E-state index contributed by atoms with van der Waals surface area (Å²) in [7, 11) is 0. The summed E-state index contributed by atoms with van der Waals surface area (Å²) in [5.74, 6) is 5.01. The van der Waals surface area contributed by atoms with Gasteiger partial charge in [-0.15, -0.1) is 11.3 Å². The predicted octanol–water partition coefficient (Wildman–Crippen LogP) is 1.09. The van der Waals surface area contributed by atoms with Crippen LogP contribution in [-0.2, 0) is 11.4 Å². The molecule has 0 aromatic carbocycles. The lowest BCUT2D eigenvalue weighted by Gasteiger charge is -1.96. The first-order chi connectivity index (χ1) is 5.83. The molecule has 2 aromatic heterocycles. The van der Waals surface area contributed by atoms with Crippen LogP contribution in [0.25, 0.3) is 4.96 Å². The van der Waals surface area contributed by atoms with Gasteiger partial charge >= 0.3 is 0 Å². The standard InChI is InChI=1S/C7H9N3OS/c1-5-6(4-11-8)10-2-3-12-7(10)9-5/h2-3H,4,8H2,1H3. The van der Waals surface area contributed by atoms with E-state index in [1.807, 2.05) is 22.9 Å². The number of hydrogen-bond donors (Lipinski definition) is 1. The van der Waals surface area contributed by atoms with Crippen molar-refractivity contribution in [2.75, 3.05) is 0 Å². The Labute approximate surface area is 73.5 Å². The summed E-state index contributed by atoms with van der Waals surface area (Å²) in [5, 5.41) is 1.99. The number of nitrogens with zero attached hydrogens (tertiary/aromatic N) is 2. The molecule has 2 N–H and O–H groups in total. The number of aryl methyl sites for hydroxylation is 1. The Kier molecular flexibility index (Phi) is 1.84. The molecule has 2 aromatic rings. The zero-order chi connectivity index (χ0) is 8.55. The van der Waals surface area contributed by atoms with Crippen molar-refractivity contribution in [2.45, 2.75) is 13.5 Å². The molecule has 0 amide bonds. The Morgan fingerprint density at radius 1 is 1.75 bits per heavy atom. The Morgan fingerprint density at radius 3 is 3.33 bits per heavy atom. The van der Waals surface area contributed by atoms with Gasteiger partial charge in [0.2, 0.25) is 0 Å². The maximum Gasteiger partial charge on any atom is 0.194 e. The van der Waals surface area contributed by atoms with E-state index in [0.29, 0.717) is 6.61 Å². The molecular weight excluding hydrogens is 174 g/mol. The SMILES string of the molecule is Cc1nc2sccn2c1CON. The fourth-order valence-electron chi connectivity index (χ4n) is 1.19. The first kappa shape index (κ1) is 7.72. The van der Waals surface area contributed by atoms with Gasteiger partial charge in [-0.2, -0.15) is 0 Å². The highest BCUT2D eigenvalue weighted by atomic mass is 32.1. The summed E-state index contributed by atoms with van der Waals surface area (Å²) >= 11 is 1.60. The van der Waals surface area contributed by atoms with Crippen LogP contribution < -0.4 is 5.90 Å². The summed E-state index contributed by atoms with van der Waals surface area (Å²) in [5.41, 5.74) is 2.00. The van der Waals surface area contributed by atoms with Crippen LogP contribution in [0.15, 0.2) is 11.6 Å². The average Bonchev–Trinajstić information content (AvgIpc) is 2.56. The second-order valence-electron chi connectivity index (χ2n) is 2.51. The second-order valence-corrected chi connectivity index (χ2v) is 3.38. The van der Waals surface area contributed by atoms with E-state index in [0.717, 1.165) is 16.3 Å². The average molecular weight is 183 g/mol. The van der Waals surface area contributed by atoms with Gasteiger partial charge in [-0.3, -0.25) is 9.24 Å². The zero-order valence-corrected chi connectivity index (χ0v) is 7.47. The predicted molar refractivity (Wildman–Crippen MR) is 46.8 cm³/mol. The quantitative estimate of drug-likeness (QED) is 0.709. The highest BCUT2D eigenvalue weighted by molar-refractivity contribution is 7.15. The fourth-order valence-corrected chi connectivity index (χ4v) is 1.97. The molecule has 4 nitrogen and oxygen atoms in total. The minimum Gasteiger partial charge on any atom is -0.298 e. The topological polar surface area (TPSA) is 52.5 Å². The van der Waals surface area contributed by atoms with Gasteiger partial charge in [-0.25, -0.2) is 10.9 Å². The van der Waals surface area contributed by atoms with Crippen molar-refractivity contribution in [1.29, 1.82) is 0 Å². The smallest absolute Gasteiger partial charge is 0.194 e. The molecule has 12 heavy (non-hydrogen) atoms. The first-order valence-electron chi connectivity index (χ1n) is 3.55. The number of imidazole rings is 1. The van der Waals surface area contributed by atoms with Crippen LogP contribution in [-0.4, -0.2) is 9.38 Å². The molecule has 0 unspecified atom stereocenters. The van der Waals surface area contributed by atoms with Crippen LogP contribution in [0.5, 0.6) is 0 Å². The van der Waals surface area contributed by atoms with Crippen molar-refractivity contribution >= 4 is 16.3 Å². The number of fused-ring (bicyclic) bond motifs is 1. The lowest BCUT2D eigenvalue weighted by Crippen LogP contribution is -2.02. The van der Waals surface area contributed by atoms with E-state index in [4.69, 9.17) is 5.90 Å². The van der Waals surface area contributed by atoms with Crippen molar-refractivity contribution in [1.82, 2.24) is 9.38 Å². The fraction of sp³-hybridized carbons (Fsp3) is 0.286. The maximum atomic E-state index is 5.01. The Morgan fingerprint density at radius 2 is 2.58 bits per heavy atom. The van der Waals surface area contributed by atoms with Gasteiger partial charge in [0.15, 0.2) is 4.96 Å². The molecule has 0 aliphatic carbocycles. The van der Waals surface area contributed by atoms with E-state index in [-0.39, 0.29) is 0 Å². The highest BCUT2D eigenvalue weighted by Gasteiger charge is 2.08. The monoisotopic (exact) mass is 183 g/mol. The summed E-state index contributed by atoms with van der Waals surface area (Å²) in [6.07, 6.45) is 1.97. The minimum absolute atomic E-state index is 0.406. The second kappa shape index (κ2) is 2.85. The third-order valence-corrected chi connectivity index (χ3v) is 2.54. The molecule has 0 radical (unpaired) electrons. The number of nitrogens with two attached hydrogens (primary N) is 1. The Bertz CT molecular complexity index is 392. The lowest BCUT2D eigenvalue weighted by molar-refractivity contribution is 0.120. The number of rotatable bonds is 2. The van der Waals surface area contributed by atoms with Crippen molar-refractivity contribution in [3.63, 3.8) is 0 Å². The molecule has 0 fully saturated rings. The van der Waals surface area contributed by atoms with E-state index < -0.39 is 0 Å². The van der Waals surface area contributed by atoms with Gasteiger partial charge in [-0.1, -0.05) is 0 Å². The van der Waals surface area contributed by atoms with E-state index in [1.165, 1.54) is 0 Å². The number of hydrogen-bond acceptors (Lipinski definition) is 4. The molecule has 0 spiro atoms. The molecule has 64 valence electrons. The Balaban J connectivity index is 2.59. The van der Waals surface area contributed by atoms with Crippen LogP contribution in [0.3, 0.4) is 0 Å². The maximum absolute atomic E-state index is 5.01. The van der Waals surface area contributed by atoms with Gasteiger partial charge in [0, 0.05) is 11.6 Å². The van der Waals surface area contributed by atoms with Gasteiger partial charge < -0.3 is 0 Å². The molecule has 0 saturated heterocycles. The van der Waals surface area contributed by atoms with Crippen LogP contribution >= 0.6 is 11.3 Å². The van der Waals surface area contributed by atoms with Gasteiger partial charge in [0.05, 0.1) is 11.4 Å². The van der Waals surface area contributed by atoms with Crippen LogP contribution in [0.4, 0.5) is 0 Å². The number of thiazole rings is 1. The molecule has 2 rings (SSSR count). The van der Waals surface area contributed by atoms with E-state index in [2.05, 4.69) is 9.82 Å². The zero-order valence-electron chi connectivity index (χ0n) is 6.65. The van der Waals surface area contributed by atoms with Gasteiger partial charge in [-0.05, 0) is 6.92 Å². The van der Waals surface area contributed by atoms with Crippen LogP contribution in [0.2, 0.25) is 0 Å². The molecule has 0 atom stereocenters.